The molecule has 0 heterocycles. The summed E-state index contributed by atoms with van der Waals surface area (Å²) in [6.45, 7) is 5.10. The number of halogens is 1. The Labute approximate surface area is 131 Å². The van der Waals surface area contributed by atoms with Gasteiger partial charge in [0.2, 0.25) is 0 Å². The van der Waals surface area contributed by atoms with Gasteiger partial charge < -0.3 is 14.8 Å². The van der Waals surface area contributed by atoms with Gasteiger partial charge in [0.15, 0.2) is 0 Å². The number of hydrogen-bond acceptors (Lipinski definition) is 3. The molecule has 0 aliphatic rings. The monoisotopic (exact) mass is 343 g/mol. The fraction of sp³-hybridized carbons (Fsp3) is 0.625. The zero-order valence-electron chi connectivity index (χ0n) is 12.7. The van der Waals surface area contributed by atoms with Crippen molar-refractivity contribution >= 4 is 15.9 Å². The maximum Gasteiger partial charge on any atom is 0.120 e. The lowest BCUT2D eigenvalue weighted by Crippen LogP contribution is -2.21. The first kappa shape index (κ1) is 17.5. The van der Waals surface area contributed by atoms with Gasteiger partial charge >= 0.3 is 0 Å². The molecule has 0 saturated heterocycles. The summed E-state index contributed by atoms with van der Waals surface area (Å²) in [4.78, 5) is 0. The molecule has 0 aliphatic carbocycles. The van der Waals surface area contributed by atoms with Crippen LogP contribution in [0.3, 0.4) is 0 Å². The predicted octanol–water partition coefficient (Wildman–Crippen LogP) is 3.65. The standard InChI is InChI=1S/C16H26BrNO2/c1-13(8-9-18-10-11-19-2)4-5-14-6-7-15(20-3)12-16(14)17/h6-7,12-13,18H,4-5,8-11H2,1-3H3. The normalized spacial score (nSPS) is 12.4. The second kappa shape index (κ2) is 10.2. The molecule has 1 atom stereocenters. The van der Waals surface area contributed by atoms with Crippen molar-refractivity contribution in [1.29, 1.82) is 0 Å². The average molecular weight is 344 g/mol. The molecule has 1 aromatic carbocycles. The van der Waals surface area contributed by atoms with Gasteiger partial charge in [-0.05, 0) is 49.4 Å². The molecule has 1 unspecified atom stereocenters. The molecule has 0 saturated carbocycles. The summed E-state index contributed by atoms with van der Waals surface area (Å²) >= 11 is 3.61. The van der Waals surface area contributed by atoms with Crippen LogP contribution in [-0.2, 0) is 11.2 Å². The summed E-state index contributed by atoms with van der Waals surface area (Å²) in [6.07, 6.45) is 3.51. The SMILES string of the molecule is COCCNCCC(C)CCc1ccc(OC)cc1Br. The molecule has 4 heteroatoms. The lowest BCUT2D eigenvalue weighted by molar-refractivity contribution is 0.199. The van der Waals surface area contributed by atoms with Crippen LogP contribution in [0.2, 0.25) is 0 Å². The number of methoxy groups -OCH3 is 2. The predicted molar refractivity (Wildman–Crippen MR) is 87.5 cm³/mol. The second-order valence-electron chi connectivity index (χ2n) is 5.13. The van der Waals surface area contributed by atoms with Crippen molar-refractivity contribution in [2.75, 3.05) is 33.9 Å². The van der Waals surface area contributed by atoms with Crippen LogP contribution >= 0.6 is 15.9 Å². The number of nitrogens with one attached hydrogen (secondary N) is 1. The van der Waals surface area contributed by atoms with Gasteiger partial charge in [0.05, 0.1) is 13.7 Å². The molecule has 1 rings (SSSR count). The molecule has 20 heavy (non-hydrogen) atoms. The minimum Gasteiger partial charge on any atom is -0.497 e. The Hall–Kier alpha value is -0.580. The van der Waals surface area contributed by atoms with Gasteiger partial charge in [-0.1, -0.05) is 28.9 Å². The number of aryl methyl sites for hydroxylation is 1. The van der Waals surface area contributed by atoms with Crippen molar-refractivity contribution in [3.05, 3.63) is 28.2 Å². The fourth-order valence-electron chi connectivity index (χ4n) is 2.05. The molecule has 0 radical (unpaired) electrons. The van der Waals surface area contributed by atoms with E-state index in [2.05, 4.69) is 34.2 Å². The van der Waals surface area contributed by atoms with Crippen molar-refractivity contribution in [2.45, 2.75) is 26.2 Å². The molecule has 3 nitrogen and oxygen atoms in total. The van der Waals surface area contributed by atoms with E-state index in [4.69, 9.17) is 9.47 Å². The summed E-state index contributed by atoms with van der Waals surface area (Å²) < 4.78 is 11.4. The van der Waals surface area contributed by atoms with E-state index in [1.165, 1.54) is 18.4 Å². The first-order valence-electron chi connectivity index (χ1n) is 7.19. The zero-order valence-corrected chi connectivity index (χ0v) is 14.3. The number of rotatable bonds is 10. The summed E-state index contributed by atoms with van der Waals surface area (Å²) in [6, 6.07) is 6.20. The smallest absolute Gasteiger partial charge is 0.120 e. The number of hydrogen-bond donors (Lipinski definition) is 1. The molecule has 0 amide bonds. The van der Waals surface area contributed by atoms with Crippen LogP contribution in [0.4, 0.5) is 0 Å². The Morgan fingerprint density at radius 1 is 1.20 bits per heavy atom. The largest absolute Gasteiger partial charge is 0.497 e. The van der Waals surface area contributed by atoms with Crippen molar-refractivity contribution < 1.29 is 9.47 Å². The van der Waals surface area contributed by atoms with Crippen LogP contribution in [0.5, 0.6) is 5.75 Å². The lowest BCUT2D eigenvalue weighted by atomic mass is 9.98. The molecule has 0 spiro atoms. The summed E-state index contributed by atoms with van der Waals surface area (Å²) in [5, 5.41) is 3.39. The molecule has 0 fully saturated rings. The molecule has 0 aromatic heterocycles. The third kappa shape index (κ3) is 6.73. The second-order valence-corrected chi connectivity index (χ2v) is 5.99. The minimum absolute atomic E-state index is 0.721. The Morgan fingerprint density at radius 3 is 2.65 bits per heavy atom. The first-order chi connectivity index (χ1) is 9.67. The van der Waals surface area contributed by atoms with E-state index in [0.29, 0.717) is 0 Å². The molecule has 0 aliphatic heterocycles. The Balaban J connectivity index is 2.25. The summed E-state index contributed by atoms with van der Waals surface area (Å²) in [7, 11) is 3.43. The van der Waals surface area contributed by atoms with Crippen molar-refractivity contribution in [3.8, 4) is 5.75 Å². The van der Waals surface area contributed by atoms with Gasteiger partial charge in [0, 0.05) is 18.1 Å². The summed E-state index contributed by atoms with van der Waals surface area (Å²) in [5.41, 5.74) is 1.35. The Morgan fingerprint density at radius 2 is 2.00 bits per heavy atom. The highest BCUT2D eigenvalue weighted by Gasteiger charge is 2.06. The lowest BCUT2D eigenvalue weighted by Gasteiger charge is -2.13. The molecular weight excluding hydrogens is 318 g/mol. The quantitative estimate of drug-likeness (QED) is 0.657. The fourth-order valence-corrected chi connectivity index (χ4v) is 2.61. The molecule has 1 aromatic rings. The summed E-state index contributed by atoms with van der Waals surface area (Å²) in [5.74, 6) is 1.62. The van der Waals surface area contributed by atoms with E-state index < -0.39 is 0 Å². The maximum absolute atomic E-state index is 5.21. The molecular formula is C16H26BrNO2. The average Bonchev–Trinajstić information content (AvgIpc) is 2.45. The highest BCUT2D eigenvalue weighted by Crippen LogP contribution is 2.25. The number of benzene rings is 1. The zero-order chi connectivity index (χ0) is 14.8. The van der Waals surface area contributed by atoms with E-state index in [1.54, 1.807) is 14.2 Å². The van der Waals surface area contributed by atoms with Gasteiger partial charge in [-0.15, -0.1) is 0 Å². The van der Waals surface area contributed by atoms with Crippen molar-refractivity contribution in [1.82, 2.24) is 5.32 Å². The van der Waals surface area contributed by atoms with Crippen LogP contribution in [0.25, 0.3) is 0 Å². The van der Waals surface area contributed by atoms with E-state index in [9.17, 15) is 0 Å². The van der Waals surface area contributed by atoms with Crippen LogP contribution in [0.1, 0.15) is 25.3 Å². The maximum atomic E-state index is 5.21. The van der Waals surface area contributed by atoms with Gasteiger partial charge in [-0.2, -0.15) is 0 Å². The van der Waals surface area contributed by atoms with Gasteiger partial charge in [0.25, 0.3) is 0 Å². The minimum atomic E-state index is 0.721. The first-order valence-corrected chi connectivity index (χ1v) is 7.98. The molecule has 1 N–H and O–H groups in total. The highest BCUT2D eigenvalue weighted by molar-refractivity contribution is 9.10. The van der Waals surface area contributed by atoms with Crippen LogP contribution < -0.4 is 10.1 Å². The molecule has 0 bridgehead atoms. The molecule has 114 valence electrons. The van der Waals surface area contributed by atoms with E-state index in [0.717, 1.165) is 42.3 Å². The van der Waals surface area contributed by atoms with Crippen LogP contribution in [0, 0.1) is 5.92 Å². The van der Waals surface area contributed by atoms with Crippen molar-refractivity contribution in [3.63, 3.8) is 0 Å². The van der Waals surface area contributed by atoms with Crippen molar-refractivity contribution in [2.24, 2.45) is 5.92 Å². The van der Waals surface area contributed by atoms with E-state index >= 15 is 0 Å². The van der Waals surface area contributed by atoms with E-state index in [-0.39, 0.29) is 0 Å². The van der Waals surface area contributed by atoms with Gasteiger partial charge in [-0.3, -0.25) is 0 Å². The highest BCUT2D eigenvalue weighted by atomic mass is 79.9. The number of ether oxygens (including phenoxy) is 2. The van der Waals surface area contributed by atoms with Crippen LogP contribution in [-0.4, -0.2) is 33.9 Å². The van der Waals surface area contributed by atoms with Gasteiger partial charge in [0.1, 0.15) is 5.75 Å². The topological polar surface area (TPSA) is 30.5 Å². The van der Waals surface area contributed by atoms with E-state index in [1.807, 2.05) is 12.1 Å². The van der Waals surface area contributed by atoms with Crippen LogP contribution in [0.15, 0.2) is 22.7 Å². The Bertz CT molecular complexity index is 385. The third-order valence-corrected chi connectivity index (χ3v) is 4.20. The van der Waals surface area contributed by atoms with Gasteiger partial charge in [-0.25, -0.2) is 0 Å². The third-order valence-electron chi connectivity index (χ3n) is 3.46. The Kier molecular flexibility index (Phi) is 8.90.